The van der Waals surface area contributed by atoms with Gasteiger partial charge in [-0.2, -0.15) is 5.26 Å². The summed E-state index contributed by atoms with van der Waals surface area (Å²) in [6.45, 7) is 0.864. The maximum atomic E-state index is 10.1. The SMILES string of the molecule is N#CC(CCCn1ccnc1)(c1ccccc1)c1ccccc1. The molecule has 0 aliphatic heterocycles. The van der Waals surface area contributed by atoms with Crippen LogP contribution in [0.15, 0.2) is 79.4 Å². The lowest BCUT2D eigenvalue weighted by Gasteiger charge is -2.28. The third-order valence-corrected chi connectivity index (χ3v) is 4.25. The topological polar surface area (TPSA) is 41.6 Å². The lowest BCUT2D eigenvalue weighted by Crippen LogP contribution is -2.26. The summed E-state index contributed by atoms with van der Waals surface area (Å²) < 4.78 is 2.05. The normalized spacial score (nSPS) is 11.1. The highest BCUT2D eigenvalue weighted by atomic mass is 15.0. The van der Waals surface area contributed by atoms with Crippen LogP contribution in [0.1, 0.15) is 24.0 Å². The molecule has 0 amide bonds. The van der Waals surface area contributed by atoms with E-state index in [1.165, 1.54) is 0 Å². The van der Waals surface area contributed by atoms with Gasteiger partial charge in [-0.25, -0.2) is 4.98 Å². The van der Waals surface area contributed by atoms with Crippen LogP contribution in [0.5, 0.6) is 0 Å². The summed E-state index contributed by atoms with van der Waals surface area (Å²) in [4.78, 5) is 4.07. The first-order valence-electron chi connectivity index (χ1n) is 7.83. The molecule has 0 bridgehead atoms. The van der Waals surface area contributed by atoms with Gasteiger partial charge in [0, 0.05) is 18.9 Å². The Morgan fingerprint density at radius 2 is 1.57 bits per heavy atom. The van der Waals surface area contributed by atoms with Crippen molar-refractivity contribution in [2.75, 3.05) is 0 Å². The van der Waals surface area contributed by atoms with Crippen LogP contribution in [0.3, 0.4) is 0 Å². The van der Waals surface area contributed by atoms with Gasteiger partial charge >= 0.3 is 0 Å². The van der Waals surface area contributed by atoms with Gasteiger partial charge in [0.2, 0.25) is 0 Å². The van der Waals surface area contributed by atoms with E-state index in [1.807, 2.05) is 73.2 Å². The molecule has 0 aliphatic rings. The van der Waals surface area contributed by atoms with E-state index in [4.69, 9.17) is 0 Å². The molecule has 3 rings (SSSR count). The van der Waals surface area contributed by atoms with Crippen LogP contribution in [-0.4, -0.2) is 9.55 Å². The fraction of sp³-hybridized carbons (Fsp3) is 0.200. The van der Waals surface area contributed by atoms with E-state index >= 15 is 0 Å². The second-order valence-corrected chi connectivity index (χ2v) is 5.65. The third-order valence-electron chi connectivity index (χ3n) is 4.25. The van der Waals surface area contributed by atoms with Crippen LogP contribution in [-0.2, 0) is 12.0 Å². The van der Waals surface area contributed by atoms with Crippen molar-refractivity contribution in [1.82, 2.24) is 9.55 Å². The minimum atomic E-state index is -0.608. The van der Waals surface area contributed by atoms with Gasteiger partial charge in [0.05, 0.1) is 12.4 Å². The van der Waals surface area contributed by atoms with E-state index in [0.717, 1.165) is 30.5 Å². The Morgan fingerprint density at radius 3 is 2.04 bits per heavy atom. The zero-order chi connectivity index (χ0) is 16.0. The molecule has 0 saturated carbocycles. The predicted molar refractivity (Wildman–Crippen MR) is 90.7 cm³/mol. The quantitative estimate of drug-likeness (QED) is 0.685. The molecule has 0 spiro atoms. The molecule has 114 valence electrons. The fourth-order valence-corrected chi connectivity index (χ4v) is 3.03. The molecular formula is C20H19N3. The minimum Gasteiger partial charge on any atom is -0.337 e. The number of nitriles is 1. The smallest absolute Gasteiger partial charge is 0.107 e. The average molecular weight is 301 g/mol. The molecule has 0 N–H and O–H groups in total. The maximum Gasteiger partial charge on any atom is 0.107 e. The van der Waals surface area contributed by atoms with Crippen molar-refractivity contribution in [3.63, 3.8) is 0 Å². The highest BCUT2D eigenvalue weighted by Gasteiger charge is 2.33. The van der Waals surface area contributed by atoms with Crippen LogP contribution in [0, 0.1) is 11.3 Å². The van der Waals surface area contributed by atoms with Gasteiger partial charge in [0.15, 0.2) is 0 Å². The van der Waals surface area contributed by atoms with Gasteiger partial charge in [0.1, 0.15) is 5.41 Å². The van der Waals surface area contributed by atoms with Crippen LogP contribution in [0.25, 0.3) is 0 Å². The maximum absolute atomic E-state index is 10.1. The number of benzene rings is 2. The van der Waals surface area contributed by atoms with Crippen molar-refractivity contribution < 1.29 is 0 Å². The predicted octanol–water partition coefficient (Wildman–Crippen LogP) is 4.17. The molecule has 0 unspecified atom stereocenters. The van der Waals surface area contributed by atoms with E-state index in [-0.39, 0.29) is 0 Å². The van der Waals surface area contributed by atoms with Crippen molar-refractivity contribution in [1.29, 1.82) is 5.26 Å². The summed E-state index contributed by atoms with van der Waals surface area (Å²) in [6, 6.07) is 22.8. The Kier molecular flexibility index (Phi) is 4.54. The molecule has 0 fully saturated rings. The van der Waals surface area contributed by atoms with E-state index in [2.05, 4.69) is 15.6 Å². The molecule has 0 radical (unpaired) electrons. The van der Waals surface area contributed by atoms with Crippen LogP contribution < -0.4 is 0 Å². The van der Waals surface area contributed by atoms with Crippen molar-refractivity contribution in [2.45, 2.75) is 24.8 Å². The first-order valence-corrected chi connectivity index (χ1v) is 7.83. The molecule has 2 aromatic carbocycles. The molecule has 1 aromatic heterocycles. The first kappa shape index (κ1) is 15.1. The fourth-order valence-electron chi connectivity index (χ4n) is 3.03. The van der Waals surface area contributed by atoms with Crippen LogP contribution >= 0.6 is 0 Å². The molecule has 1 heterocycles. The summed E-state index contributed by atoms with van der Waals surface area (Å²) in [6.07, 6.45) is 7.24. The lowest BCUT2D eigenvalue weighted by molar-refractivity contribution is 0.516. The lowest BCUT2D eigenvalue weighted by atomic mass is 9.72. The van der Waals surface area contributed by atoms with Gasteiger partial charge in [-0.15, -0.1) is 0 Å². The van der Waals surface area contributed by atoms with Crippen molar-refractivity contribution in [3.8, 4) is 6.07 Å². The molecule has 3 aromatic rings. The molecule has 0 atom stereocenters. The van der Waals surface area contributed by atoms with Gasteiger partial charge < -0.3 is 4.57 Å². The number of hydrogen-bond donors (Lipinski definition) is 0. The number of hydrogen-bond acceptors (Lipinski definition) is 2. The molecule has 0 aliphatic carbocycles. The number of nitrogens with zero attached hydrogens (tertiary/aromatic N) is 3. The number of rotatable bonds is 6. The van der Waals surface area contributed by atoms with Crippen molar-refractivity contribution >= 4 is 0 Å². The summed E-state index contributed by atoms with van der Waals surface area (Å²) in [5, 5.41) is 10.1. The second kappa shape index (κ2) is 6.93. The zero-order valence-electron chi connectivity index (χ0n) is 13.0. The van der Waals surface area contributed by atoms with E-state index < -0.39 is 5.41 Å². The zero-order valence-corrected chi connectivity index (χ0v) is 13.0. The van der Waals surface area contributed by atoms with Crippen molar-refractivity contribution in [2.24, 2.45) is 0 Å². The Bertz CT molecular complexity index is 716. The number of aromatic nitrogens is 2. The Morgan fingerprint density at radius 1 is 0.957 bits per heavy atom. The van der Waals surface area contributed by atoms with Crippen LogP contribution in [0.2, 0.25) is 0 Å². The molecule has 3 nitrogen and oxygen atoms in total. The number of imidazole rings is 1. The van der Waals surface area contributed by atoms with Gasteiger partial charge in [0.25, 0.3) is 0 Å². The van der Waals surface area contributed by atoms with Gasteiger partial charge in [-0.1, -0.05) is 60.7 Å². The molecular weight excluding hydrogens is 282 g/mol. The highest BCUT2D eigenvalue weighted by Crippen LogP contribution is 2.36. The van der Waals surface area contributed by atoms with Crippen LogP contribution in [0.4, 0.5) is 0 Å². The van der Waals surface area contributed by atoms with Crippen molar-refractivity contribution in [3.05, 3.63) is 90.5 Å². The number of aryl methyl sites for hydroxylation is 1. The Hall–Kier alpha value is -2.86. The minimum absolute atomic E-state index is 0.608. The Balaban J connectivity index is 1.91. The summed E-state index contributed by atoms with van der Waals surface area (Å²) in [5.41, 5.74) is 1.50. The van der Waals surface area contributed by atoms with E-state index in [1.54, 1.807) is 6.20 Å². The summed E-state index contributed by atoms with van der Waals surface area (Å²) >= 11 is 0. The summed E-state index contributed by atoms with van der Waals surface area (Å²) in [7, 11) is 0. The average Bonchev–Trinajstić information content (AvgIpc) is 3.14. The highest BCUT2D eigenvalue weighted by molar-refractivity contribution is 5.45. The molecule has 23 heavy (non-hydrogen) atoms. The van der Waals surface area contributed by atoms with Gasteiger partial charge in [-0.3, -0.25) is 0 Å². The third kappa shape index (κ3) is 3.17. The largest absolute Gasteiger partial charge is 0.337 e. The Labute approximate surface area is 136 Å². The monoisotopic (exact) mass is 301 g/mol. The molecule has 3 heteroatoms. The van der Waals surface area contributed by atoms with E-state index in [9.17, 15) is 5.26 Å². The summed E-state index contributed by atoms with van der Waals surface area (Å²) in [5.74, 6) is 0. The standard InChI is InChI=1S/C20H19N3/c21-16-20(18-8-3-1-4-9-18,19-10-5-2-6-11-19)12-7-14-23-15-13-22-17-23/h1-6,8-11,13,15,17H,7,12,14H2. The van der Waals surface area contributed by atoms with Gasteiger partial charge in [-0.05, 0) is 24.0 Å². The van der Waals surface area contributed by atoms with E-state index in [0.29, 0.717) is 0 Å². The first-order chi connectivity index (χ1) is 11.3. The second-order valence-electron chi connectivity index (χ2n) is 5.65. The molecule has 0 saturated heterocycles.